The molecule has 2 aromatic carbocycles. The maximum atomic E-state index is 6.10. The van der Waals surface area contributed by atoms with Crippen LogP contribution in [0.1, 0.15) is 27.7 Å². The minimum Gasteiger partial charge on any atom is -0.464 e. The number of benzene rings is 2. The SMILES string of the molecule is CC1(C)OB(c2cc3ccc4ccccc4c3o2)OC1(C)C. The molecule has 3 aromatic rings. The lowest BCUT2D eigenvalue weighted by atomic mass is 9.86. The molecule has 1 fully saturated rings. The van der Waals surface area contributed by atoms with E-state index in [0.717, 1.165) is 22.0 Å². The molecule has 0 saturated carbocycles. The second-order valence-corrected chi connectivity index (χ2v) is 6.94. The lowest BCUT2D eigenvalue weighted by molar-refractivity contribution is 0.00578. The first kappa shape index (κ1) is 13.9. The van der Waals surface area contributed by atoms with E-state index in [1.165, 1.54) is 5.39 Å². The zero-order chi connectivity index (χ0) is 15.5. The first-order valence-electron chi connectivity index (χ1n) is 7.64. The smallest absolute Gasteiger partial charge is 0.464 e. The van der Waals surface area contributed by atoms with Crippen molar-refractivity contribution in [2.45, 2.75) is 38.9 Å². The molecule has 112 valence electrons. The standard InChI is InChI=1S/C18H19BO3/c1-17(2)18(3,4)22-19(21-17)15-11-13-10-9-12-7-5-6-8-14(12)16(13)20-15/h5-11H,1-4H3. The molecule has 0 unspecified atom stereocenters. The maximum absolute atomic E-state index is 6.10. The van der Waals surface area contributed by atoms with Crippen LogP contribution in [-0.4, -0.2) is 18.3 Å². The average molecular weight is 294 g/mol. The molecule has 2 heterocycles. The summed E-state index contributed by atoms with van der Waals surface area (Å²) in [7, 11) is -0.462. The Labute approximate surface area is 130 Å². The van der Waals surface area contributed by atoms with Crippen LogP contribution in [0.2, 0.25) is 0 Å². The van der Waals surface area contributed by atoms with Crippen LogP contribution >= 0.6 is 0 Å². The normalized spacial score (nSPS) is 20.1. The molecule has 3 nitrogen and oxygen atoms in total. The van der Waals surface area contributed by atoms with Crippen LogP contribution in [0.4, 0.5) is 0 Å². The van der Waals surface area contributed by atoms with E-state index in [4.69, 9.17) is 13.7 Å². The summed E-state index contributed by atoms with van der Waals surface area (Å²) in [5.74, 6) is 0. The van der Waals surface area contributed by atoms with Crippen LogP contribution < -0.4 is 5.66 Å². The molecule has 0 atom stereocenters. The summed E-state index contributed by atoms with van der Waals surface area (Å²) in [4.78, 5) is 0. The fourth-order valence-electron chi connectivity index (χ4n) is 2.86. The summed E-state index contributed by atoms with van der Waals surface area (Å²) < 4.78 is 18.3. The van der Waals surface area contributed by atoms with Gasteiger partial charge in [-0.1, -0.05) is 36.4 Å². The van der Waals surface area contributed by atoms with E-state index >= 15 is 0 Å². The van der Waals surface area contributed by atoms with Gasteiger partial charge in [-0.3, -0.25) is 0 Å². The van der Waals surface area contributed by atoms with E-state index in [2.05, 4.69) is 24.3 Å². The van der Waals surface area contributed by atoms with E-state index in [1.807, 2.05) is 45.9 Å². The van der Waals surface area contributed by atoms with Gasteiger partial charge in [0, 0.05) is 10.8 Å². The minimum absolute atomic E-state index is 0.362. The Morgan fingerprint density at radius 2 is 1.45 bits per heavy atom. The van der Waals surface area contributed by atoms with Gasteiger partial charge in [-0.25, -0.2) is 0 Å². The number of furan rings is 1. The van der Waals surface area contributed by atoms with Crippen molar-refractivity contribution in [3.63, 3.8) is 0 Å². The van der Waals surface area contributed by atoms with Gasteiger partial charge >= 0.3 is 7.12 Å². The largest absolute Gasteiger partial charge is 0.532 e. The van der Waals surface area contributed by atoms with E-state index in [1.54, 1.807) is 0 Å². The van der Waals surface area contributed by atoms with Gasteiger partial charge in [0.1, 0.15) is 11.2 Å². The predicted molar refractivity (Wildman–Crippen MR) is 89.4 cm³/mol. The fourth-order valence-corrected chi connectivity index (χ4v) is 2.86. The van der Waals surface area contributed by atoms with Crippen molar-refractivity contribution >= 4 is 34.5 Å². The summed E-state index contributed by atoms with van der Waals surface area (Å²) >= 11 is 0. The quantitative estimate of drug-likeness (QED) is 0.638. The van der Waals surface area contributed by atoms with Crippen molar-refractivity contribution < 1.29 is 13.7 Å². The Balaban J connectivity index is 1.83. The predicted octanol–water partition coefficient (Wildman–Crippen LogP) is 3.89. The monoisotopic (exact) mass is 294 g/mol. The van der Waals surface area contributed by atoms with Gasteiger partial charge < -0.3 is 13.7 Å². The summed E-state index contributed by atoms with van der Waals surface area (Å²) in [6.45, 7) is 8.19. The zero-order valence-corrected chi connectivity index (χ0v) is 13.3. The molecule has 0 aliphatic carbocycles. The third-order valence-electron chi connectivity index (χ3n) is 4.91. The Kier molecular flexibility index (Phi) is 2.75. The van der Waals surface area contributed by atoms with Crippen molar-refractivity contribution in [2.75, 3.05) is 0 Å². The van der Waals surface area contributed by atoms with E-state index in [-0.39, 0.29) is 11.2 Å². The molecule has 1 saturated heterocycles. The fraction of sp³-hybridized carbons (Fsp3) is 0.333. The van der Waals surface area contributed by atoms with E-state index in [0.29, 0.717) is 0 Å². The van der Waals surface area contributed by atoms with E-state index in [9.17, 15) is 0 Å². The van der Waals surface area contributed by atoms with Crippen molar-refractivity contribution in [1.82, 2.24) is 0 Å². The second kappa shape index (κ2) is 4.37. The number of fused-ring (bicyclic) bond motifs is 3. The van der Waals surface area contributed by atoms with Crippen molar-refractivity contribution in [2.24, 2.45) is 0 Å². The van der Waals surface area contributed by atoms with Crippen LogP contribution in [0.25, 0.3) is 21.7 Å². The van der Waals surface area contributed by atoms with Crippen LogP contribution in [0.5, 0.6) is 0 Å². The molecular weight excluding hydrogens is 275 g/mol. The number of hydrogen-bond acceptors (Lipinski definition) is 3. The summed E-state index contributed by atoms with van der Waals surface area (Å²) in [6, 6.07) is 14.4. The molecule has 4 heteroatoms. The molecule has 0 radical (unpaired) electrons. The van der Waals surface area contributed by atoms with Gasteiger partial charge in [0.25, 0.3) is 0 Å². The molecule has 0 spiro atoms. The van der Waals surface area contributed by atoms with Crippen LogP contribution in [-0.2, 0) is 9.31 Å². The molecule has 1 aromatic heterocycles. The Morgan fingerprint density at radius 3 is 2.18 bits per heavy atom. The lowest BCUT2D eigenvalue weighted by Gasteiger charge is -2.32. The number of rotatable bonds is 1. The molecule has 0 amide bonds. The third-order valence-corrected chi connectivity index (χ3v) is 4.91. The van der Waals surface area contributed by atoms with Gasteiger partial charge in [-0.15, -0.1) is 0 Å². The van der Waals surface area contributed by atoms with Gasteiger partial charge in [0.05, 0.1) is 11.2 Å². The van der Waals surface area contributed by atoms with Crippen LogP contribution in [0, 0.1) is 0 Å². The zero-order valence-electron chi connectivity index (χ0n) is 13.3. The molecule has 22 heavy (non-hydrogen) atoms. The summed E-state index contributed by atoms with van der Waals surface area (Å²) in [6.07, 6.45) is 0. The van der Waals surface area contributed by atoms with Gasteiger partial charge in [0.15, 0.2) is 0 Å². The molecule has 4 rings (SSSR count). The molecule has 1 aliphatic heterocycles. The minimum atomic E-state index is -0.462. The highest BCUT2D eigenvalue weighted by atomic mass is 16.7. The topological polar surface area (TPSA) is 31.6 Å². The highest BCUT2D eigenvalue weighted by Gasteiger charge is 2.53. The van der Waals surface area contributed by atoms with Crippen LogP contribution in [0.3, 0.4) is 0 Å². The van der Waals surface area contributed by atoms with Crippen molar-refractivity contribution in [1.29, 1.82) is 0 Å². The highest BCUT2D eigenvalue weighted by molar-refractivity contribution is 6.61. The van der Waals surface area contributed by atoms with Gasteiger partial charge in [-0.2, -0.15) is 0 Å². The highest BCUT2D eigenvalue weighted by Crippen LogP contribution is 2.37. The molecule has 1 aliphatic rings. The van der Waals surface area contributed by atoms with Crippen LogP contribution in [0.15, 0.2) is 46.9 Å². The summed E-state index contributed by atoms with van der Waals surface area (Å²) in [5.41, 5.74) is 0.894. The van der Waals surface area contributed by atoms with E-state index < -0.39 is 7.12 Å². The van der Waals surface area contributed by atoms with Crippen molar-refractivity contribution in [3.05, 3.63) is 42.5 Å². The summed E-state index contributed by atoms with van der Waals surface area (Å²) in [5, 5.41) is 3.36. The van der Waals surface area contributed by atoms with Gasteiger partial charge in [-0.05, 0) is 39.1 Å². The maximum Gasteiger partial charge on any atom is 0.532 e. The Hall–Kier alpha value is -1.78. The Bertz CT molecular complexity index is 847. The first-order valence-corrected chi connectivity index (χ1v) is 7.64. The second-order valence-electron chi connectivity index (χ2n) is 6.94. The Morgan fingerprint density at radius 1 is 0.818 bits per heavy atom. The number of hydrogen-bond donors (Lipinski definition) is 0. The van der Waals surface area contributed by atoms with Gasteiger partial charge in [0.2, 0.25) is 0 Å². The molecule has 0 N–H and O–H groups in total. The average Bonchev–Trinajstić information content (AvgIpc) is 2.98. The van der Waals surface area contributed by atoms with Crippen molar-refractivity contribution in [3.8, 4) is 0 Å². The first-order chi connectivity index (χ1) is 10.4. The molecule has 0 bridgehead atoms. The molecular formula is C18H19BO3. The third kappa shape index (κ3) is 1.91. The lowest BCUT2D eigenvalue weighted by Crippen LogP contribution is -2.41.